The van der Waals surface area contributed by atoms with Crippen LogP contribution in [0.15, 0.2) is 23.2 Å². The highest BCUT2D eigenvalue weighted by Crippen LogP contribution is 2.30. The van der Waals surface area contributed by atoms with Crippen molar-refractivity contribution in [3.8, 4) is 0 Å². The Bertz CT molecular complexity index is 711. The molecule has 3 heterocycles. The summed E-state index contributed by atoms with van der Waals surface area (Å²) >= 11 is 3.16. The number of carbonyl (C=O) groups excluding carboxylic acids is 2. The average molecular weight is 503 g/mol. The highest BCUT2D eigenvalue weighted by atomic mass is 35.5. The number of nitrogens with one attached hydrogen (secondary N) is 3. The van der Waals surface area contributed by atoms with Gasteiger partial charge in [0.2, 0.25) is 11.8 Å². The monoisotopic (exact) mass is 501 g/mol. The summed E-state index contributed by atoms with van der Waals surface area (Å²) in [5.74, 6) is -0.130. The highest BCUT2D eigenvalue weighted by molar-refractivity contribution is 7.09. The molecule has 0 radical (unpaired) electrons. The van der Waals surface area contributed by atoms with Crippen molar-refractivity contribution in [2.75, 3.05) is 26.2 Å². The van der Waals surface area contributed by atoms with Crippen LogP contribution in [0.5, 0.6) is 0 Å². The van der Waals surface area contributed by atoms with Gasteiger partial charge in [-0.2, -0.15) is 0 Å². The fraction of sp³-hybridized carbons (Fsp3) is 0.529. The maximum atomic E-state index is 12.7. The average Bonchev–Trinajstić information content (AvgIpc) is 3.38. The minimum Gasteiger partial charge on any atom is -0.356 e. The number of amides is 2. The zero-order valence-corrected chi connectivity index (χ0v) is 19.8. The SMILES string of the molecule is Cl.Cl.Cl.O=C(CC1(C(=O)NCCc2nccs2)CCNC1)NCCc1nccs1. The van der Waals surface area contributed by atoms with Crippen LogP contribution in [0, 0.1) is 5.41 Å². The molecule has 1 aliphatic heterocycles. The Labute approximate surface area is 197 Å². The largest absolute Gasteiger partial charge is 0.356 e. The number of hydrogen-bond acceptors (Lipinski definition) is 7. The second-order valence-electron chi connectivity index (χ2n) is 6.34. The quantitative estimate of drug-likeness (QED) is 0.489. The van der Waals surface area contributed by atoms with Gasteiger partial charge in [0.25, 0.3) is 0 Å². The summed E-state index contributed by atoms with van der Waals surface area (Å²) < 4.78 is 0. The lowest BCUT2D eigenvalue weighted by Gasteiger charge is -2.26. The van der Waals surface area contributed by atoms with E-state index in [2.05, 4.69) is 25.9 Å². The van der Waals surface area contributed by atoms with Gasteiger partial charge in [0.05, 0.1) is 15.4 Å². The van der Waals surface area contributed by atoms with Crippen molar-refractivity contribution in [3.05, 3.63) is 33.2 Å². The van der Waals surface area contributed by atoms with E-state index in [0.717, 1.165) is 16.6 Å². The summed E-state index contributed by atoms with van der Waals surface area (Å²) in [6.07, 6.45) is 5.84. The van der Waals surface area contributed by atoms with Crippen LogP contribution in [0.3, 0.4) is 0 Å². The minimum atomic E-state index is -0.659. The first-order valence-electron chi connectivity index (χ1n) is 8.70. The summed E-state index contributed by atoms with van der Waals surface area (Å²) in [4.78, 5) is 33.5. The topological polar surface area (TPSA) is 96.0 Å². The molecule has 1 atom stereocenters. The van der Waals surface area contributed by atoms with Gasteiger partial charge in [0, 0.05) is 62.1 Å². The molecule has 3 rings (SSSR count). The smallest absolute Gasteiger partial charge is 0.228 e. The maximum absolute atomic E-state index is 12.7. The first-order chi connectivity index (χ1) is 12.7. The molecule has 1 saturated heterocycles. The molecule has 0 spiro atoms. The van der Waals surface area contributed by atoms with Crippen molar-refractivity contribution in [1.29, 1.82) is 0 Å². The Hall–Kier alpha value is -0.970. The molecule has 12 heteroatoms. The molecule has 29 heavy (non-hydrogen) atoms. The number of hydrogen-bond donors (Lipinski definition) is 3. The van der Waals surface area contributed by atoms with Gasteiger partial charge in [-0.3, -0.25) is 9.59 Å². The molecule has 3 N–H and O–H groups in total. The van der Waals surface area contributed by atoms with E-state index in [0.29, 0.717) is 38.9 Å². The van der Waals surface area contributed by atoms with E-state index in [9.17, 15) is 9.59 Å². The van der Waals surface area contributed by atoms with Gasteiger partial charge in [-0.05, 0) is 13.0 Å². The van der Waals surface area contributed by atoms with E-state index in [4.69, 9.17) is 0 Å². The standard InChI is InChI=1S/C17H23N5O2S2.3ClH/c23-13(19-4-1-14-20-7-9-25-14)11-17(3-6-18-12-17)16(24)22-5-2-15-21-8-10-26-15;;;/h7-10,18H,1-6,11-12H2,(H,19,23)(H,22,24);3*1H. The molecule has 2 amide bonds. The first-order valence-corrected chi connectivity index (χ1v) is 10.5. The normalized spacial score (nSPS) is 17.4. The third kappa shape index (κ3) is 8.35. The predicted molar refractivity (Wildman–Crippen MR) is 124 cm³/mol. The predicted octanol–water partition coefficient (Wildman–Crippen LogP) is 2.25. The summed E-state index contributed by atoms with van der Waals surface area (Å²) in [6, 6.07) is 0. The molecule has 2 aromatic rings. The lowest BCUT2D eigenvalue weighted by molar-refractivity contribution is -0.135. The van der Waals surface area contributed by atoms with Crippen LogP contribution in [0.25, 0.3) is 0 Å². The number of carbonyl (C=O) groups is 2. The van der Waals surface area contributed by atoms with E-state index in [1.807, 2.05) is 10.8 Å². The molecular formula is C17H26Cl3N5O2S2. The Morgan fingerprint density at radius 1 is 1.00 bits per heavy atom. The van der Waals surface area contributed by atoms with E-state index < -0.39 is 5.41 Å². The van der Waals surface area contributed by atoms with Crippen LogP contribution in [0.1, 0.15) is 22.9 Å². The van der Waals surface area contributed by atoms with Crippen molar-refractivity contribution < 1.29 is 9.59 Å². The second kappa shape index (κ2) is 14.1. The van der Waals surface area contributed by atoms with E-state index in [1.54, 1.807) is 35.1 Å². The van der Waals surface area contributed by atoms with Crippen molar-refractivity contribution in [1.82, 2.24) is 25.9 Å². The lowest BCUT2D eigenvalue weighted by atomic mass is 9.82. The molecular weight excluding hydrogens is 477 g/mol. The molecule has 0 aromatic carbocycles. The van der Waals surface area contributed by atoms with Crippen LogP contribution < -0.4 is 16.0 Å². The van der Waals surface area contributed by atoms with Crippen molar-refractivity contribution in [2.24, 2.45) is 5.41 Å². The van der Waals surface area contributed by atoms with Gasteiger partial charge >= 0.3 is 0 Å². The number of nitrogens with zero attached hydrogens (tertiary/aromatic N) is 2. The molecule has 0 saturated carbocycles. The third-order valence-electron chi connectivity index (χ3n) is 4.48. The van der Waals surface area contributed by atoms with Gasteiger partial charge in [0.15, 0.2) is 0 Å². The third-order valence-corrected chi connectivity index (χ3v) is 6.16. The minimum absolute atomic E-state index is 0. The Morgan fingerprint density at radius 3 is 2.07 bits per heavy atom. The van der Waals surface area contributed by atoms with E-state index in [1.165, 1.54) is 0 Å². The molecule has 0 aliphatic carbocycles. The summed E-state index contributed by atoms with van der Waals surface area (Å²) in [7, 11) is 0. The second-order valence-corrected chi connectivity index (χ2v) is 8.30. The van der Waals surface area contributed by atoms with Crippen LogP contribution in [-0.2, 0) is 22.4 Å². The highest BCUT2D eigenvalue weighted by Gasteiger charge is 2.42. The zero-order chi connectivity index (χ0) is 18.2. The van der Waals surface area contributed by atoms with Gasteiger partial charge in [-0.1, -0.05) is 0 Å². The van der Waals surface area contributed by atoms with Crippen LogP contribution in [-0.4, -0.2) is 48.0 Å². The number of rotatable bonds is 9. The zero-order valence-electron chi connectivity index (χ0n) is 15.7. The van der Waals surface area contributed by atoms with Gasteiger partial charge < -0.3 is 16.0 Å². The van der Waals surface area contributed by atoms with Crippen molar-refractivity contribution in [2.45, 2.75) is 25.7 Å². The van der Waals surface area contributed by atoms with E-state index >= 15 is 0 Å². The molecule has 7 nitrogen and oxygen atoms in total. The number of halogens is 3. The Morgan fingerprint density at radius 2 is 1.59 bits per heavy atom. The van der Waals surface area contributed by atoms with Crippen LogP contribution in [0.4, 0.5) is 0 Å². The van der Waals surface area contributed by atoms with Crippen LogP contribution in [0.2, 0.25) is 0 Å². The Kier molecular flexibility index (Phi) is 13.6. The number of thiazole rings is 2. The van der Waals surface area contributed by atoms with Gasteiger partial charge in [0.1, 0.15) is 0 Å². The fourth-order valence-electron chi connectivity index (χ4n) is 3.07. The molecule has 0 bridgehead atoms. The summed E-state index contributed by atoms with van der Waals surface area (Å²) in [5.41, 5.74) is -0.659. The van der Waals surface area contributed by atoms with Crippen molar-refractivity contribution in [3.63, 3.8) is 0 Å². The van der Waals surface area contributed by atoms with E-state index in [-0.39, 0.29) is 55.5 Å². The lowest BCUT2D eigenvalue weighted by Crippen LogP contribution is -2.46. The molecule has 164 valence electrons. The van der Waals surface area contributed by atoms with Gasteiger partial charge in [-0.15, -0.1) is 59.9 Å². The molecule has 1 fully saturated rings. The summed E-state index contributed by atoms with van der Waals surface area (Å²) in [6.45, 7) is 2.38. The summed E-state index contributed by atoms with van der Waals surface area (Å²) in [5, 5.41) is 15.0. The maximum Gasteiger partial charge on any atom is 0.228 e. The number of aromatic nitrogens is 2. The fourth-order valence-corrected chi connectivity index (χ4v) is 4.31. The molecule has 2 aromatic heterocycles. The van der Waals surface area contributed by atoms with Crippen molar-refractivity contribution >= 4 is 71.7 Å². The molecule has 1 aliphatic rings. The Balaban J connectivity index is 0.00000261. The first kappa shape index (κ1) is 28.0. The molecule has 1 unspecified atom stereocenters. The van der Waals surface area contributed by atoms with Gasteiger partial charge in [-0.25, -0.2) is 9.97 Å². The van der Waals surface area contributed by atoms with Crippen LogP contribution >= 0.6 is 59.9 Å².